The molecule has 0 aliphatic carbocycles. The highest BCUT2D eigenvalue weighted by Gasteiger charge is 2.15. The molecule has 0 saturated carbocycles. The number of hydrogen-bond acceptors (Lipinski definition) is 2. The average Bonchev–Trinajstić information content (AvgIpc) is 2.16. The molecule has 0 atom stereocenters. The summed E-state index contributed by atoms with van der Waals surface area (Å²) in [7, 11) is -4.07. The van der Waals surface area contributed by atoms with Crippen molar-refractivity contribution in [2.45, 2.75) is 51.3 Å². The van der Waals surface area contributed by atoms with E-state index in [9.17, 15) is 8.42 Å². The normalized spacial score (nSPS) is 11.6. The molecule has 17 heavy (non-hydrogen) atoms. The van der Waals surface area contributed by atoms with Crippen LogP contribution in [-0.2, 0) is 15.5 Å². The van der Waals surface area contributed by atoms with Crippen molar-refractivity contribution in [3.63, 3.8) is 0 Å². The molecule has 0 aromatic heterocycles. The largest absolute Gasteiger partial charge is 0.294 e. The van der Waals surface area contributed by atoms with Gasteiger partial charge in [0.25, 0.3) is 10.1 Å². The molecule has 0 bridgehead atoms. The van der Waals surface area contributed by atoms with Crippen molar-refractivity contribution in [1.82, 2.24) is 0 Å². The van der Waals surface area contributed by atoms with Crippen molar-refractivity contribution in [2.24, 2.45) is 0 Å². The average molecular weight is 258 g/mol. The van der Waals surface area contributed by atoms with E-state index in [4.69, 9.17) is 4.55 Å². The quantitative estimate of drug-likeness (QED) is 0.782. The zero-order valence-corrected chi connectivity index (χ0v) is 12.0. The van der Waals surface area contributed by atoms with Gasteiger partial charge in [-0.05, 0) is 23.1 Å². The molecular formula is C13H22O3S. The van der Waals surface area contributed by atoms with Crippen molar-refractivity contribution >= 4 is 10.1 Å². The molecule has 0 aliphatic heterocycles. The van der Waals surface area contributed by atoms with Gasteiger partial charge in [-0.2, -0.15) is 8.42 Å². The van der Waals surface area contributed by atoms with Crippen LogP contribution in [0.2, 0.25) is 0 Å². The predicted octanol–water partition coefficient (Wildman–Crippen LogP) is 3.65. The third-order valence-corrected chi connectivity index (χ3v) is 2.89. The van der Waals surface area contributed by atoms with Gasteiger partial charge in [0.15, 0.2) is 0 Å². The van der Waals surface area contributed by atoms with Crippen LogP contribution in [0, 0.1) is 0 Å². The molecule has 0 unspecified atom stereocenters. The van der Waals surface area contributed by atoms with Gasteiger partial charge in [0, 0.05) is 0 Å². The van der Waals surface area contributed by atoms with E-state index in [2.05, 4.69) is 13.8 Å². The van der Waals surface area contributed by atoms with Crippen molar-refractivity contribution < 1.29 is 13.0 Å². The second-order valence-electron chi connectivity index (χ2n) is 4.96. The lowest BCUT2D eigenvalue weighted by atomic mass is 9.87. The molecule has 4 heteroatoms. The third-order valence-electron chi connectivity index (χ3n) is 2.02. The van der Waals surface area contributed by atoms with E-state index < -0.39 is 10.1 Å². The maximum atomic E-state index is 10.7. The standard InChI is InChI=1S/C10H14O3S.C3H8/c1-10(2,3)8-4-6-9(7-5-8)14(11,12)13;1-3-2/h4-7H,1-3H3,(H,11,12,13);3H2,1-2H3. The molecule has 1 aromatic rings. The molecule has 0 radical (unpaired) electrons. The van der Waals surface area contributed by atoms with E-state index in [1.54, 1.807) is 12.1 Å². The van der Waals surface area contributed by atoms with Gasteiger partial charge in [0.2, 0.25) is 0 Å². The molecule has 98 valence electrons. The molecule has 1 rings (SSSR count). The van der Waals surface area contributed by atoms with Crippen LogP contribution < -0.4 is 0 Å². The first kappa shape index (κ1) is 16.1. The fourth-order valence-corrected chi connectivity index (χ4v) is 1.61. The Morgan fingerprint density at radius 2 is 1.41 bits per heavy atom. The summed E-state index contributed by atoms with van der Waals surface area (Å²) in [6, 6.07) is 6.25. The summed E-state index contributed by atoms with van der Waals surface area (Å²) in [5.74, 6) is 0. The predicted molar refractivity (Wildman–Crippen MR) is 70.9 cm³/mol. The lowest BCUT2D eigenvalue weighted by Crippen LogP contribution is -2.11. The molecule has 3 nitrogen and oxygen atoms in total. The first-order valence-electron chi connectivity index (χ1n) is 5.71. The van der Waals surface area contributed by atoms with E-state index in [1.165, 1.54) is 18.6 Å². The van der Waals surface area contributed by atoms with Crippen LogP contribution in [0.3, 0.4) is 0 Å². The molecule has 0 heterocycles. The molecule has 0 aliphatic rings. The summed E-state index contributed by atoms with van der Waals surface area (Å²) in [4.78, 5) is -0.0644. The van der Waals surface area contributed by atoms with Crippen LogP contribution in [0.5, 0.6) is 0 Å². The van der Waals surface area contributed by atoms with Crippen LogP contribution in [0.4, 0.5) is 0 Å². The lowest BCUT2D eigenvalue weighted by Gasteiger charge is -2.18. The van der Waals surface area contributed by atoms with Gasteiger partial charge in [-0.3, -0.25) is 4.55 Å². The fourth-order valence-electron chi connectivity index (χ4n) is 1.13. The van der Waals surface area contributed by atoms with Crippen molar-refractivity contribution in [2.75, 3.05) is 0 Å². The van der Waals surface area contributed by atoms with Gasteiger partial charge in [0.05, 0.1) is 4.90 Å². The van der Waals surface area contributed by atoms with E-state index in [-0.39, 0.29) is 10.3 Å². The van der Waals surface area contributed by atoms with Crippen molar-refractivity contribution in [3.8, 4) is 0 Å². The second-order valence-corrected chi connectivity index (χ2v) is 6.38. The summed E-state index contributed by atoms with van der Waals surface area (Å²) in [6.07, 6.45) is 1.25. The summed E-state index contributed by atoms with van der Waals surface area (Å²) in [5, 5.41) is 0. The van der Waals surface area contributed by atoms with Crippen LogP contribution in [-0.4, -0.2) is 13.0 Å². The Balaban J connectivity index is 0.000000770. The van der Waals surface area contributed by atoms with E-state index >= 15 is 0 Å². The van der Waals surface area contributed by atoms with Gasteiger partial charge in [0.1, 0.15) is 0 Å². The van der Waals surface area contributed by atoms with Crippen LogP contribution in [0.1, 0.15) is 46.6 Å². The zero-order valence-electron chi connectivity index (χ0n) is 11.2. The minimum Gasteiger partial charge on any atom is -0.282 e. The zero-order chi connectivity index (χ0) is 13.7. The summed E-state index contributed by atoms with van der Waals surface area (Å²) in [5.41, 5.74) is 1.02. The Morgan fingerprint density at radius 1 is 1.06 bits per heavy atom. The summed E-state index contributed by atoms with van der Waals surface area (Å²) in [6.45, 7) is 10.4. The summed E-state index contributed by atoms with van der Waals surface area (Å²) < 4.78 is 30.3. The Kier molecular flexibility index (Phi) is 5.85. The Labute approximate surface area is 105 Å². The smallest absolute Gasteiger partial charge is 0.282 e. The summed E-state index contributed by atoms with van der Waals surface area (Å²) >= 11 is 0. The third kappa shape index (κ3) is 5.84. The van der Waals surface area contributed by atoms with Gasteiger partial charge < -0.3 is 0 Å². The number of rotatable bonds is 1. The minimum absolute atomic E-state index is 0.0161. The molecule has 0 amide bonds. The maximum absolute atomic E-state index is 10.7. The van der Waals surface area contributed by atoms with E-state index in [1.807, 2.05) is 20.8 Å². The van der Waals surface area contributed by atoms with E-state index in [0.29, 0.717) is 0 Å². The highest BCUT2D eigenvalue weighted by molar-refractivity contribution is 7.85. The molecule has 1 N–H and O–H groups in total. The SMILES string of the molecule is CC(C)(C)c1ccc(S(=O)(=O)O)cc1.CCC. The second kappa shape index (κ2) is 6.17. The molecule has 0 saturated heterocycles. The molecule has 1 aromatic carbocycles. The topological polar surface area (TPSA) is 54.4 Å². The van der Waals surface area contributed by atoms with Gasteiger partial charge in [-0.15, -0.1) is 0 Å². The van der Waals surface area contributed by atoms with Gasteiger partial charge in [-0.1, -0.05) is 53.2 Å². The molecule has 0 fully saturated rings. The lowest BCUT2D eigenvalue weighted by molar-refractivity contribution is 0.483. The van der Waals surface area contributed by atoms with Crippen molar-refractivity contribution in [1.29, 1.82) is 0 Å². The van der Waals surface area contributed by atoms with Crippen LogP contribution >= 0.6 is 0 Å². The van der Waals surface area contributed by atoms with Gasteiger partial charge >= 0.3 is 0 Å². The molecular weight excluding hydrogens is 236 g/mol. The van der Waals surface area contributed by atoms with Crippen molar-refractivity contribution in [3.05, 3.63) is 29.8 Å². The van der Waals surface area contributed by atoms with E-state index in [0.717, 1.165) is 5.56 Å². The number of hydrogen-bond donors (Lipinski definition) is 1. The highest BCUT2D eigenvalue weighted by atomic mass is 32.2. The minimum atomic E-state index is -4.07. The van der Waals surface area contributed by atoms with Crippen LogP contribution in [0.25, 0.3) is 0 Å². The number of benzene rings is 1. The fraction of sp³-hybridized carbons (Fsp3) is 0.538. The van der Waals surface area contributed by atoms with Crippen LogP contribution in [0.15, 0.2) is 29.2 Å². The Bertz CT molecular complexity index is 425. The highest BCUT2D eigenvalue weighted by Crippen LogP contribution is 2.23. The maximum Gasteiger partial charge on any atom is 0.294 e. The first-order chi connectivity index (χ1) is 7.62. The Morgan fingerprint density at radius 3 is 1.65 bits per heavy atom. The monoisotopic (exact) mass is 258 g/mol. The Hall–Kier alpha value is -0.870. The first-order valence-corrected chi connectivity index (χ1v) is 7.15. The molecule has 0 spiro atoms. The van der Waals surface area contributed by atoms with Gasteiger partial charge in [-0.25, -0.2) is 0 Å².